The summed E-state index contributed by atoms with van der Waals surface area (Å²) in [4.78, 5) is 0. The van der Waals surface area contributed by atoms with Crippen LogP contribution in [0.3, 0.4) is 0 Å². The Morgan fingerprint density at radius 3 is 1.65 bits per heavy atom. The second kappa shape index (κ2) is 15.1. The minimum atomic E-state index is 0.0698. The van der Waals surface area contributed by atoms with Gasteiger partial charge in [0, 0.05) is 33.2 Å². The molecule has 0 amide bonds. The Balaban J connectivity index is 0.716. The third-order valence-electron chi connectivity index (χ3n) is 18.8. The number of aryl methyl sites for hydroxylation is 1. The molecular formula is C70H59N. The lowest BCUT2D eigenvalue weighted by Gasteiger charge is -2.29. The van der Waals surface area contributed by atoms with Gasteiger partial charge >= 0.3 is 0 Å². The molecule has 1 nitrogen and oxygen atoms in total. The maximum atomic E-state index is 2.60. The molecule has 6 aliphatic carbocycles. The van der Waals surface area contributed by atoms with Crippen LogP contribution in [0.5, 0.6) is 0 Å². The minimum absolute atomic E-state index is 0.0698. The van der Waals surface area contributed by atoms with Gasteiger partial charge in [-0.3, -0.25) is 0 Å². The number of nitrogens with zero attached hydrogens (tertiary/aromatic N) is 1. The quantitative estimate of drug-likeness (QED) is 0.152. The van der Waals surface area contributed by atoms with Crippen molar-refractivity contribution in [3.63, 3.8) is 0 Å². The van der Waals surface area contributed by atoms with Gasteiger partial charge in [-0.2, -0.15) is 0 Å². The lowest BCUT2D eigenvalue weighted by molar-refractivity contribution is 0.394. The summed E-state index contributed by atoms with van der Waals surface area (Å²) in [7, 11) is 0. The van der Waals surface area contributed by atoms with Crippen LogP contribution in [0, 0.1) is 12.8 Å². The molecule has 0 saturated heterocycles. The first kappa shape index (κ1) is 41.6. The van der Waals surface area contributed by atoms with E-state index in [0.29, 0.717) is 11.8 Å². The van der Waals surface area contributed by atoms with Gasteiger partial charge in [0.25, 0.3) is 0 Å². The normalized spacial score (nSPS) is 20.0. The molecule has 2 atom stereocenters. The van der Waals surface area contributed by atoms with Crippen molar-refractivity contribution in [1.29, 1.82) is 0 Å². The molecule has 0 N–H and O–H groups in total. The van der Waals surface area contributed by atoms with E-state index in [2.05, 4.69) is 220 Å². The third kappa shape index (κ3) is 5.93. The molecule has 1 heterocycles. The second-order valence-corrected chi connectivity index (χ2v) is 22.8. The highest BCUT2D eigenvalue weighted by molar-refractivity contribution is 6.10. The Bertz CT molecular complexity index is 3810. The van der Waals surface area contributed by atoms with E-state index in [1.807, 2.05) is 0 Å². The Hall–Kier alpha value is -7.22. The Labute approximate surface area is 418 Å². The van der Waals surface area contributed by atoms with Crippen LogP contribution in [-0.2, 0) is 16.2 Å². The summed E-state index contributed by atoms with van der Waals surface area (Å²) in [5, 5.41) is 2.57. The number of rotatable bonds is 5. The number of aromatic nitrogens is 1. The summed E-state index contributed by atoms with van der Waals surface area (Å²) < 4.78 is 2.48. The van der Waals surface area contributed by atoms with Crippen LogP contribution in [0.4, 0.5) is 0 Å². The number of para-hydroxylation sites is 1. The molecule has 2 unspecified atom stereocenters. The molecule has 15 rings (SSSR count). The molecule has 2 spiro atoms. The maximum absolute atomic E-state index is 2.60. The molecule has 6 aliphatic rings. The van der Waals surface area contributed by atoms with Crippen molar-refractivity contribution >= 4 is 34.0 Å². The van der Waals surface area contributed by atoms with Gasteiger partial charge < -0.3 is 4.57 Å². The molecule has 71 heavy (non-hydrogen) atoms. The van der Waals surface area contributed by atoms with Crippen molar-refractivity contribution in [3.8, 4) is 50.2 Å². The standard InChI is InChI=1S/C70H59N/c1-44-16-28-54-55-30-25-49(41-64(55)69(62(54)38-44)34-8-9-35-69)50-26-31-57-56-29-24-48(40-63(56)70(65(57)42-50)36-10-11-37-70)47-22-19-45(20-23-47)17-18-46-21-33-67-59(39-46)58-13-5-7-15-66(58)71(67)51-27-32-53-52-12-4-6-14-60(52)68(2,3)61(53)43-51/h4-7,12-33,38-43,52,60H,8-11,34-37H2,1-3H3/b18-17+. The third-order valence-corrected chi connectivity index (χ3v) is 18.8. The van der Waals surface area contributed by atoms with Gasteiger partial charge in [0.2, 0.25) is 0 Å². The van der Waals surface area contributed by atoms with Gasteiger partial charge in [0.1, 0.15) is 0 Å². The van der Waals surface area contributed by atoms with E-state index in [4.69, 9.17) is 0 Å². The first-order valence-electron chi connectivity index (χ1n) is 26.6. The molecule has 0 radical (unpaired) electrons. The molecule has 344 valence electrons. The van der Waals surface area contributed by atoms with Crippen LogP contribution in [-0.4, -0.2) is 4.57 Å². The van der Waals surface area contributed by atoms with Crippen molar-refractivity contribution in [2.45, 2.75) is 94.3 Å². The van der Waals surface area contributed by atoms with Crippen molar-refractivity contribution in [3.05, 3.63) is 232 Å². The Morgan fingerprint density at radius 1 is 0.451 bits per heavy atom. The van der Waals surface area contributed by atoms with E-state index in [9.17, 15) is 0 Å². The van der Waals surface area contributed by atoms with Crippen LogP contribution in [0.2, 0.25) is 0 Å². The van der Waals surface area contributed by atoms with Crippen LogP contribution in [0.15, 0.2) is 182 Å². The first-order valence-corrected chi connectivity index (χ1v) is 26.6. The summed E-state index contributed by atoms with van der Waals surface area (Å²) in [6, 6.07) is 61.8. The average Bonchev–Trinajstić information content (AvgIpc) is 4.28. The van der Waals surface area contributed by atoms with Crippen molar-refractivity contribution in [2.75, 3.05) is 0 Å². The maximum Gasteiger partial charge on any atom is 0.0541 e. The van der Waals surface area contributed by atoms with Crippen LogP contribution < -0.4 is 0 Å². The zero-order valence-electron chi connectivity index (χ0n) is 41.2. The molecular weight excluding hydrogens is 855 g/mol. The highest BCUT2D eigenvalue weighted by Crippen LogP contribution is 2.60. The van der Waals surface area contributed by atoms with Gasteiger partial charge in [0.05, 0.1) is 11.0 Å². The molecule has 2 fully saturated rings. The summed E-state index contributed by atoms with van der Waals surface area (Å²) in [6.45, 7) is 7.10. The monoisotopic (exact) mass is 913 g/mol. The van der Waals surface area contributed by atoms with E-state index in [1.54, 1.807) is 16.7 Å². The van der Waals surface area contributed by atoms with Crippen molar-refractivity contribution < 1.29 is 0 Å². The average molecular weight is 914 g/mol. The predicted octanol–water partition coefficient (Wildman–Crippen LogP) is 18.4. The van der Waals surface area contributed by atoms with E-state index >= 15 is 0 Å². The fourth-order valence-electron chi connectivity index (χ4n) is 15.3. The summed E-state index contributed by atoms with van der Waals surface area (Å²) in [5.74, 6) is 0.947. The molecule has 0 aliphatic heterocycles. The second-order valence-electron chi connectivity index (χ2n) is 22.8. The van der Waals surface area contributed by atoms with E-state index < -0.39 is 0 Å². The Kier molecular flexibility index (Phi) is 8.86. The van der Waals surface area contributed by atoms with Crippen LogP contribution in [0.1, 0.15) is 121 Å². The SMILES string of the molecule is Cc1ccc2c(c1)C1(CCCC1)c1cc(-c3ccc4c(c3)C3(CCCC3)c3cc(-c5ccc(/C=C/c6ccc7c(c6)c6ccccc6n7-c6ccc7c(c6)C(C)(C)C6C=CC=CC76)cc5)ccc3-4)ccc1-2. The smallest absolute Gasteiger partial charge is 0.0541 e. The molecule has 9 aromatic rings. The Morgan fingerprint density at radius 2 is 0.986 bits per heavy atom. The molecule has 1 aromatic heterocycles. The number of allylic oxidation sites excluding steroid dienone is 4. The predicted molar refractivity (Wildman–Crippen MR) is 299 cm³/mol. The fourth-order valence-corrected chi connectivity index (χ4v) is 15.3. The molecule has 1 heteroatoms. The van der Waals surface area contributed by atoms with Gasteiger partial charge in [-0.1, -0.05) is 191 Å². The lowest BCUT2D eigenvalue weighted by Crippen LogP contribution is -2.24. The van der Waals surface area contributed by atoms with Crippen molar-refractivity contribution in [1.82, 2.24) is 4.57 Å². The zero-order valence-corrected chi connectivity index (χ0v) is 41.2. The number of benzene rings is 8. The lowest BCUT2D eigenvalue weighted by atomic mass is 9.74. The largest absolute Gasteiger partial charge is 0.309 e. The number of hydrogen-bond donors (Lipinski definition) is 0. The van der Waals surface area contributed by atoms with Crippen LogP contribution >= 0.6 is 0 Å². The molecule has 8 aromatic carbocycles. The first-order chi connectivity index (χ1) is 34.8. The summed E-state index contributed by atoms with van der Waals surface area (Å²) in [5.41, 5.74) is 28.2. The highest BCUT2D eigenvalue weighted by atomic mass is 15.0. The van der Waals surface area contributed by atoms with Gasteiger partial charge in [-0.15, -0.1) is 0 Å². The molecule has 0 bridgehead atoms. The van der Waals surface area contributed by atoms with E-state index in [0.717, 1.165) is 0 Å². The van der Waals surface area contributed by atoms with Crippen molar-refractivity contribution in [2.24, 2.45) is 5.92 Å². The van der Waals surface area contributed by atoms with Gasteiger partial charge in [-0.05, 0) is 181 Å². The fraction of sp³-hybridized carbons (Fsp3) is 0.229. The van der Waals surface area contributed by atoms with E-state index in [1.165, 1.54) is 157 Å². The summed E-state index contributed by atoms with van der Waals surface area (Å²) in [6.07, 6.45) is 24.0. The van der Waals surface area contributed by atoms with E-state index in [-0.39, 0.29) is 16.2 Å². The summed E-state index contributed by atoms with van der Waals surface area (Å²) >= 11 is 0. The van der Waals surface area contributed by atoms with Crippen LogP contribution in [0.25, 0.3) is 84.2 Å². The topological polar surface area (TPSA) is 4.93 Å². The van der Waals surface area contributed by atoms with Gasteiger partial charge in [-0.25, -0.2) is 0 Å². The minimum Gasteiger partial charge on any atom is -0.309 e. The molecule has 2 saturated carbocycles. The van der Waals surface area contributed by atoms with Gasteiger partial charge in [0.15, 0.2) is 0 Å². The zero-order chi connectivity index (χ0) is 47.2. The number of hydrogen-bond acceptors (Lipinski definition) is 0. The highest BCUT2D eigenvalue weighted by Gasteiger charge is 2.48. The number of fused-ring (bicyclic) bond motifs is 16.